The van der Waals surface area contributed by atoms with Gasteiger partial charge in [0.25, 0.3) is 11.5 Å². The lowest BCUT2D eigenvalue weighted by atomic mass is 10.2. The first-order valence-electron chi connectivity index (χ1n) is 10.2. The second kappa shape index (κ2) is 8.67. The molecular weight excluding hydrogens is 380 g/mol. The minimum Gasteiger partial charge on any atom is -0.376 e. The lowest BCUT2D eigenvalue weighted by Crippen LogP contribution is -2.31. The van der Waals surface area contributed by atoms with E-state index in [1.807, 2.05) is 41.0 Å². The molecule has 0 saturated carbocycles. The fourth-order valence-corrected chi connectivity index (χ4v) is 3.76. The maximum Gasteiger partial charge on any atom is 0.271 e. The van der Waals surface area contributed by atoms with Gasteiger partial charge in [0.1, 0.15) is 11.5 Å². The standard InChI is InChI=1S/C23H26N4O3/c1-16-11-18(14-26(2)23(16)29)21-25-20(22(28)24-12-19-9-6-10-30-19)15-27(21)13-17-7-4-3-5-8-17/h3-5,7-8,11,14-15,19H,6,9-10,12-13H2,1-2H3,(H,24,28). The van der Waals surface area contributed by atoms with Crippen LogP contribution in [0.15, 0.2) is 53.6 Å². The van der Waals surface area contributed by atoms with Crippen LogP contribution >= 0.6 is 0 Å². The van der Waals surface area contributed by atoms with Gasteiger partial charge < -0.3 is 19.2 Å². The van der Waals surface area contributed by atoms with Crippen molar-refractivity contribution in [3.8, 4) is 11.4 Å². The second-order valence-electron chi connectivity index (χ2n) is 7.74. The van der Waals surface area contributed by atoms with Gasteiger partial charge in [0, 0.05) is 50.3 Å². The number of ether oxygens (including phenoxy) is 1. The molecule has 30 heavy (non-hydrogen) atoms. The number of aromatic nitrogens is 3. The summed E-state index contributed by atoms with van der Waals surface area (Å²) >= 11 is 0. The third-order valence-electron chi connectivity index (χ3n) is 5.34. The highest BCUT2D eigenvalue weighted by Crippen LogP contribution is 2.21. The van der Waals surface area contributed by atoms with Gasteiger partial charge in [0.15, 0.2) is 0 Å². The molecule has 0 radical (unpaired) electrons. The molecule has 1 aromatic carbocycles. The Kier molecular flexibility index (Phi) is 5.81. The Morgan fingerprint density at radius 1 is 1.27 bits per heavy atom. The van der Waals surface area contributed by atoms with Gasteiger partial charge in [-0.1, -0.05) is 30.3 Å². The number of aryl methyl sites for hydroxylation is 2. The van der Waals surface area contributed by atoms with E-state index in [2.05, 4.69) is 10.3 Å². The molecule has 1 fully saturated rings. The van der Waals surface area contributed by atoms with Crippen LogP contribution in [0, 0.1) is 6.92 Å². The van der Waals surface area contributed by atoms with Crippen LogP contribution in [-0.2, 0) is 18.3 Å². The average molecular weight is 406 g/mol. The molecule has 3 aromatic rings. The van der Waals surface area contributed by atoms with Gasteiger partial charge in [0.2, 0.25) is 0 Å². The molecule has 1 N–H and O–H groups in total. The summed E-state index contributed by atoms with van der Waals surface area (Å²) in [5, 5.41) is 2.93. The first-order valence-corrected chi connectivity index (χ1v) is 10.2. The predicted octanol–water partition coefficient (Wildman–Crippen LogP) is 2.51. The summed E-state index contributed by atoms with van der Waals surface area (Å²) < 4.78 is 9.08. The summed E-state index contributed by atoms with van der Waals surface area (Å²) in [6.45, 7) is 3.59. The maximum atomic E-state index is 12.7. The first kappa shape index (κ1) is 20.1. The number of hydrogen-bond acceptors (Lipinski definition) is 4. The highest BCUT2D eigenvalue weighted by Gasteiger charge is 2.20. The van der Waals surface area contributed by atoms with Crippen LogP contribution in [0.4, 0.5) is 0 Å². The molecule has 0 spiro atoms. The fraction of sp³-hybridized carbons (Fsp3) is 0.348. The van der Waals surface area contributed by atoms with E-state index in [0.717, 1.165) is 30.6 Å². The van der Waals surface area contributed by atoms with Crippen molar-refractivity contribution in [3.63, 3.8) is 0 Å². The normalized spacial score (nSPS) is 16.0. The highest BCUT2D eigenvalue weighted by molar-refractivity contribution is 5.92. The van der Waals surface area contributed by atoms with Crippen LogP contribution < -0.4 is 10.9 Å². The number of nitrogens with zero attached hydrogens (tertiary/aromatic N) is 3. The van der Waals surface area contributed by atoms with E-state index in [0.29, 0.717) is 30.2 Å². The molecule has 4 rings (SSSR count). The Labute approximate surface area is 175 Å². The molecule has 7 heteroatoms. The number of hydrogen-bond donors (Lipinski definition) is 1. The van der Waals surface area contributed by atoms with Gasteiger partial charge in [-0.25, -0.2) is 4.98 Å². The minimum atomic E-state index is -0.222. The molecule has 1 unspecified atom stereocenters. The molecule has 3 heterocycles. The number of rotatable bonds is 6. The molecular formula is C23H26N4O3. The van der Waals surface area contributed by atoms with Crippen molar-refractivity contribution in [1.29, 1.82) is 0 Å². The number of amides is 1. The van der Waals surface area contributed by atoms with Crippen LogP contribution in [0.1, 0.15) is 34.5 Å². The molecule has 0 aliphatic carbocycles. The molecule has 1 atom stereocenters. The van der Waals surface area contributed by atoms with E-state index >= 15 is 0 Å². The summed E-state index contributed by atoms with van der Waals surface area (Å²) in [5.41, 5.74) is 2.83. The molecule has 1 aliphatic heterocycles. The highest BCUT2D eigenvalue weighted by atomic mass is 16.5. The number of imidazole rings is 1. The summed E-state index contributed by atoms with van der Waals surface area (Å²) in [6.07, 6.45) is 5.60. The van der Waals surface area contributed by atoms with Crippen molar-refractivity contribution >= 4 is 5.91 Å². The zero-order valence-corrected chi connectivity index (χ0v) is 17.3. The number of nitrogens with one attached hydrogen (secondary N) is 1. The Bertz CT molecular complexity index is 1070. The number of benzene rings is 1. The van der Waals surface area contributed by atoms with Crippen molar-refractivity contribution in [2.45, 2.75) is 32.4 Å². The molecule has 1 aliphatic rings. The monoisotopic (exact) mass is 406 g/mol. The van der Waals surface area contributed by atoms with E-state index in [1.165, 1.54) is 0 Å². The Balaban J connectivity index is 1.66. The van der Waals surface area contributed by atoms with E-state index in [9.17, 15) is 9.59 Å². The van der Waals surface area contributed by atoms with Crippen molar-refractivity contribution in [3.05, 3.63) is 76.0 Å². The van der Waals surface area contributed by atoms with Gasteiger partial charge in [-0.2, -0.15) is 0 Å². The molecule has 1 saturated heterocycles. The summed E-state index contributed by atoms with van der Waals surface area (Å²) in [7, 11) is 1.72. The Morgan fingerprint density at radius 3 is 2.77 bits per heavy atom. The smallest absolute Gasteiger partial charge is 0.271 e. The maximum absolute atomic E-state index is 12.7. The SMILES string of the molecule is Cc1cc(-c2nc(C(=O)NCC3CCCO3)cn2Cc2ccccc2)cn(C)c1=O. The third-order valence-corrected chi connectivity index (χ3v) is 5.34. The number of carbonyl (C=O) groups excluding carboxylic acids is 1. The average Bonchev–Trinajstić information content (AvgIpc) is 3.41. The van der Waals surface area contributed by atoms with E-state index in [4.69, 9.17) is 4.74 Å². The summed E-state index contributed by atoms with van der Waals surface area (Å²) in [5.74, 6) is 0.430. The van der Waals surface area contributed by atoms with E-state index in [1.54, 1.807) is 30.9 Å². The molecule has 1 amide bonds. The number of pyridine rings is 1. The van der Waals surface area contributed by atoms with Crippen LogP contribution in [0.5, 0.6) is 0 Å². The Morgan fingerprint density at radius 2 is 2.07 bits per heavy atom. The largest absolute Gasteiger partial charge is 0.376 e. The van der Waals surface area contributed by atoms with Crippen molar-refractivity contribution in [2.75, 3.05) is 13.2 Å². The molecule has 7 nitrogen and oxygen atoms in total. The number of carbonyl (C=O) groups is 1. The topological polar surface area (TPSA) is 78.2 Å². The molecule has 0 bridgehead atoms. The fourth-order valence-electron chi connectivity index (χ4n) is 3.76. The zero-order chi connectivity index (χ0) is 21.1. The van der Waals surface area contributed by atoms with Gasteiger partial charge in [-0.05, 0) is 31.4 Å². The van der Waals surface area contributed by atoms with Crippen LogP contribution in [-0.4, -0.2) is 39.3 Å². The summed E-state index contributed by atoms with van der Waals surface area (Å²) in [6, 6.07) is 11.8. The lowest BCUT2D eigenvalue weighted by molar-refractivity contribution is 0.0854. The molecule has 156 valence electrons. The van der Waals surface area contributed by atoms with Crippen molar-refractivity contribution in [2.24, 2.45) is 7.05 Å². The first-order chi connectivity index (χ1) is 14.5. The third kappa shape index (κ3) is 4.36. The zero-order valence-electron chi connectivity index (χ0n) is 17.3. The Hall–Kier alpha value is -3.19. The lowest BCUT2D eigenvalue weighted by Gasteiger charge is -2.10. The van der Waals surface area contributed by atoms with Crippen molar-refractivity contribution < 1.29 is 9.53 Å². The van der Waals surface area contributed by atoms with Gasteiger partial charge in [-0.15, -0.1) is 0 Å². The molecule has 2 aromatic heterocycles. The quantitative estimate of drug-likeness (QED) is 0.682. The summed E-state index contributed by atoms with van der Waals surface area (Å²) in [4.78, 5) is 29.5. The van der Waals surface area contributed by atoms with Gasteiger partial charge in [-0.3, -0.25) is 9.59 Å². The minimum absolute atomic E-state index is 0.0468. The van der Waals surface area contributed by atoms with E-state index < -0.39 is 0 Å². The van der Waals surface area contributed by atoms with Crippen molar-refractivity contribution in [1.82, 2.24) is 19.4 Å². The van der Waals surface area contributed by atoms with Crippen LogP contribution in [0.2, 0.25) is 0 Å². The van der Waals surface area contributed by atoms with Gasteiger partial charge >= 0.3 is 0 Å². The second-order valence-corrected chi connectivity index (χ2v) is 7.74. The van der Waals surface area contributed by atoms with Gasteiger partial charge in [0.05, 0.1) is 6.10 Å². The predicted molar refractivity (Wildman–Crippen MR) is 114 cm³/mol. The van der Waals surface area contributed by atoms with Crippen LogP contribution in [0.25, 0.3) is 11.4 Å². The van der Waals surface area contributed by atoms with Crippen LogP contribution in [0.3, 0.4) is 0 Å². The van der Waals surface area contributed by atoms with E-state index in [-0.39, 0.29) is 17.6 Å².